The van der Waals surface area contributed by atoms with Crippen molar-refractivity contribution in [2.45, 2.75) is 20.3 Å². The summed E-state index contributed by atoms with van der Waals surface area (Å²) in [5.41, 5.74) is 7.99. The summed E-state index contributed by atoms with van der Waals surface area (Å²) in [5, 5.41) is 0. The van der Waals surface area contributed by atoms with Crippen molar-refractivity contribution in [3.05, 3.63) is 42.1 Å². The van der Waals surface area contributed by atoms with Gasteiger partial charge in [0.2, 0.25) is 0 Å². The molecule has 0 atom stereocenters. The fourth-order valence-corrected chi connectivity index (χ4v) is 1.77. The van der Waals surface area contributed by atoms with Crippen molar-refractivity contribution in [2.75, 3.05) is 5.73 Å². The minimum absolute atomic E-state index is 0.501. The minimum atomic E-state index is 0.501. The molecule has 88 valence electrons. The highest BCUT2D eigenvalue weighted by Gasteiger charge is 2.02. The molecule has 17 heavy (non-hydrogen) atoms. The summed E-state index contributed by atoms with van der Waals surface area (Å²) in [7, 11) is 0. The summed E-state index contributed by atoms with van der Waals surface area (Å²) < 4.78 is 0. The number of hydrogen-bond acceptors (Lipinski definition) is 3. The van der Waals surface area contributed by atoms with E-state index in [-0.39, 0.29) is 0 Å². The third-order valence-corrected chi connectivity index (χ3v) is 2.53. The van der Waals surface area contributed by atoms with Gasteiger partial charge in [-0.15, -0.1) is 0 Å². The Morgan fingerprint density at radius 1 is 1.12 bits per heavy atom. The predicted molar refractivity (Wildman–Crippen MR) is 70.4 cm³/mol. The zero-order valence-electron chi connectivity index (χ0n) is 10.2. The lowest BCUT2D eigenvalue weighted by atomic mass is 10.0. The standard InChI is InChI=1S/C14H17N3/c1-10(2)9-11-3-5-12(6-4-11)14-16-8-7-13(15)17-14/h3-8,10H,9H2,1-2H3,(H2,15,16,17). The van der Waals surface area contributed by atoms with Gasteiger partial charge in [-0.2, -0.15) is 0 Å². The molecule has 0 unspecified atom stereocenters. The SMILES string of the molecule is CC(C)Cc1ccc(-c2nccc(N)n2)cc1. The van der Waals surface area contributed by atoms with Crippen molar-refractivity contribution in [3.8, 4) is 11.4 Å². The number of aromatic nitrogens is 2. The molecule has 2 rings (SSSR count). The maximum absolute atomic E-state index is 5.64. The molecular formula is C14H17N3. The number of nitrogens with zero attached hydrogens (tertiary/aromatic N) is 2. The quantitative estimate of drug-likeness (QED) is 0.877. The van der Waals surface area contributed by atoms with Gasteiger partial charge in [-0.25, -0.2) is 9.97 Å². The number of anilines is 1. The lowest BCUT2D eigenvalue weighted by molar-refractivity contribution is 0.647. The normalized spacial score (nSPS) is 10.8. The Balaban J connectivity index is 2.23. The van der Waals surface area contributed by atoms with Gasteiger partial charge in [-0.05, 0) is 24.0 Å². The van der Waals surface area contributed by atoms with Gasteiger partial charge in [-0.1, -0.05) is 38.1 Å². The largest absolute Gasteiger partial charge is 0.384 e. The van der Waals surface area contributed by atoms with Gasteiger partial charge >= 0.3 is 0 Å². The van der Waals surface area contributed by atoms with Gasteiger partial charge in [0.15, 0.2) is 5.82 Å². The van der Waals surface area contributed by atoms with Crippen LogP contribution in [0, 0.1) is 5.92 Å². The van der Waals surface area contributed by atoms with E-state index in [0.717, 1.165) is 12.0 Å². The molecule has 0 amide bonds. The maximum atomic E-state index is 5.64. The van der Waals surface area contributed by atoms with E-state index in [1.54, 1.807) is 12.3 Å². The van der Waals surface area contributed by atoms with Crippen LogP contribution >= 0.6 is 0 Å². The summed E-state index contributed by atoms with van der Waals surface area (Å²) in [4.78, 5) is 8.41. The zero-order valence-corrected chi connectivity index (χ0v) is 10.2. The molecule has 0 spiro atoms. The number of nitrogens with two attached hydrogens (primary N) is 1. The first kappa shape index (κ1) is 11.6. The van der Waals surface area contributed by atoms with Gasteiger partial charge in [0.25, 0.3) is 0 Å². The van der Waals surface area contributed by atoms with E-state index in [2.05, 4.69) is 35.9 Å². The molecule has 2 aromatic rings. The lowest BCUT2D eigenvalue weighted by Crippen LogP contribution is -1.96. The van der Waals surface area contributed by atoms with Crippen molar-refractivity contribution >= 4 is 5.82 Å². The predicted octanol–water partition coefficient (Wildman–Crippen LogP) is 2.92. The third-order valence-electron chi connectivity index (χ3n) is 2.53. The molecule has 0 saturated heterocycles. The molecule has 2 N–H and O–H groups in total. The van der Waals surface area contributed by atoms with E-state index in [1.807, 2.05) is 12.1 Å². The summed E-state index contributed by atoms with van der Waals surface area (Å²) >= 11 is 0. The fraction of sp³-hybridized carbons (Fsp3) is 0.286. The van der Waals surface area contributed by atoms with E-state index in [1.165, 1.54) is 5.56 Å². The molecule has 0 radical (unpaired) electrons. The molecule has 1 heterocycles. The average molecular weight is 227 g/mol. The summed E-state index contributed by atoms with van der Waals surface area (Å²) in [6.45, 7) is 4.43. The van der Waals surface area contributed by atoms with Crippen molar-refractivity contribution < 1.29 is 0 Å². The van der Waals surface area contributed by atoms with Crippen LogP contribution in [-0.4, -0.2) is 9.97 Å². The molecule has 0 aliphatic rings. The number of benzene rings is 1. The highest BCUT2D eigenvalue weighted by Crippen LogP contribution is 2.17. The van der Waals surface area contributed by atoms with E-state index >= 15 is 0 Å². The summed E-state index contributed by atoms with van der Waals surface area (Å²) in [6.07, 6.45) is 2.78. The molecule has 0 saturated carbocycles. The highest BCUT2D eigenvalue weighted by molar-refractivity contribution is 5.56. The number of rotatable bonds is 3. The summed E-state index contributed by atoms with van der Waals surface area (Å²) in [6, 6.07) is 10.0. The topological polar surface area (TPSA) is 51.8 Å². The van der Waals surface area contributed by atoms with Crippen LogP contribution in [0.1, 0.15) is 19.4 Å². The molecule has 0 aliphatic carbocycles. The second kappa shape index (κ2) is 4.95. The van der Waals surface area contributed by atoms with E-state index in [0.29, 0.717) is 17.6 Å². The Bertz CT molecular complexity index is 489. The van der Waals surface area contributed by atoms with Crippen LogP contribution < -0.4 is 5.73 Å². The van der Waals surface area contributed by atoms with Crippen LogP contribution in [0.3, 0.4) is 0 Å². The smallest absolute Gasteiger partial charge is 0.161 e. The first-order chi connectivity index (χ1) is 8.15. The minimum Gasteiger partial charge on any atom is -0.384 e. The monoisotopic (exact) mass is 227 g/mol. The Kier molecular flexibility index (Phi) is 3.38. The van der Waals surface area contributed by atoms with E-state index in [9.17, 15) is 0 Å². The Morgan fingerprint density at radius 2 is 1.82 bits per heavy atom. The van der Waals surface area contributed by atoms with E-state index in [4.69, 9.17) is 5.73 Å². The second-order valence-corrected chi connectivity index (χ2v) is 4.60. The third kappa shape index (κ3) is 3.03. The van der Waals surface area contributed by atoms with Gasteiger partial charge in [0.05, 0.1) is 0 Å². The molecular weight excluding hydrogens is 210 g/mol. The van der Waals surface area contributed by atoms with Crippen LogP contribution in [-0.2, 0) is 6.42 Å². The molecule has 3 nitrogen and oxygen atoms in total. The maximum Gasteiger partial charge on any atom is 0.161 e. The molecule has 0 aliphatic heterocycles. The Hall–Kier alpha value is -1.90. The summed E-state index contributed by atoms with van der Waals surface area (Å²) in [5.74, 6) is 1.85. The van der Waals surface area contributed by atoms with Crippen molar-refractivity contribution in [1.82, 2.24) is 9.97 Å². The van der Waals surface area contributed by atoms with Crippen LogP contribution in [0.15, 0.2) is 36.5 Å². The van der Waals surface area contributed by atoms with Crippen LogP contribution in [0.5, 0.6) is 0 Å². The van der Waals surface area contributed by atoms with Crippen LogP contribution in [0.4, 0.5) is 5.82 Å². The average Bonchev–Trinajstić information content (AvgIpc) is 2.29. The molecule has 0 bridgehead atoms. The second-order valence-electron chi connectivity index (χ2n) is 4.60. The first-order valence-corrected chi connectivity index (χ1v) is 5.83. The lowest BCUT2D eigenvalue weighted by Gasteiger charge is -2.06. The van der Waals surface area contributed by atoms with Crippen molar-refractivity contribution in [2.24, 2.45) is 5.92 Å². The molecule has 3 heteroatoms. The fourth-order valence-electron chi connectivity index (χ4n) is 1.77. The first-order valence-electron chi connectivity index (χ1n) is 5.83. The van der Waals surface area contributed by atoms with Crippen LogP contribution in [0.25, 0.3) is 11.4 Å². The highest BCUT2D eigenvalue weighted by atomic mass is 14.9. The van der Waals surface area contributed by atoms with Gasteiger partial charge in [0.1, 0.15) is 5.82 Å². The molecule has 1 aromatic carbocycles. The van der Waals surface area contributed by atoms with Crippen LogP contribution in [0.2, 0.25) is 0 Å². The van der Waals surface area contributed by atoms with Crippen molar-refractivity contribution in [1.29, 1.82) is 0 Å². The van der Waals surface area contributed by atoms with E-state index < -0.39 is 0 Å². The Morgan fingerprint density at radius 3 is 2.41 bits per heavy atom. The molecule has 1 aromatic heterocycles. The number of hydrogen-bond donors (Lipinski definition) is 1. The van der Waals surface area contributed by atoms with Gasteiger partial charge < -0.3 is 5.73 Å². The van der Waals surface area contributed by atoms with Crippen molar-refractivity contribution in [3.63, 3.8) is 0 Å². The number of nitrogen functional groups attached to an aromatic ring is 1. The molecule has 0 fully saturated rings. The van der Waals surface area contributed by atoms with Gasteiger partial charge in [-0.3, -0.25) is 0 Å². The Labute approximate surface area is 102 Å². The zero-order chi connectivity index (χ0) is 12.3. The van der Waals surface area contributed by atoms with Gasteiger partial charge in [0, 0.05) is 11.8 Å².